The summed E-state index contributed by atoms with van der Waals surface area (Å²) >= 11 is 5.89. The molecule has 2 nitrogen and oxygen atoms in total. The minimum Gasteiger partial charge on any atom is -0.489 e. The molecule has 0 bridgehead atoms. The lowest BCUT2D eigenvalue weighted by atomic mass is 10.1. The van der Waals surface area contributed by atoms with Gasteiger partial charge in [0.05, 0.1) is 6.61 Å². The van der Waals surface area contributed by atoms with E-state index in [1.54, 1.807) is 6.07 Å². The molecule has 78 valence electrons. The summed E-state index contributed by atoms with van der Waals surface area (Å²) in [6, 6.07) is 5.30. The van der Waals surface area contributed by atoms with Crippen LogP contribution in [0, 0.1) is 6.92 Å². The average molecular weight is 223 g/mol. The molecule has 1 aromatic carbocycles. The molecule has 0 saturated heterocycles. The van der Waals surface area contributed by atoms with Crippen LogP contribution in [0.15, 0.2) is 30.0 Å². The Morgan fingerprint density at radius 1 is 1.40 bits per heavy atom. The van der Waals surface area contributed by atoms with E-state index in [4.69, 9.17) is 16.3 Å². The van der Waals surface area contributed by atoms with E-state index in [1.165, 1.54) is 0 Å². The van der Waals surface area contributed by atoms with Crippen molar-refractivity contribution in [1.29, 1.82) is 0 Å². The number of rotatable bonds is 2. The van der Waals surface area contributed by atoms with Crippen LogP contribution in [0.5, 0.6) is 0 Å². The molecule has 1 aliphatic heterocycles. The zero-order chi connectivity index (χ0) is 10.8. The summed E-state index contributed by atoms with van der Waals surface area (Å²) < 4.78 is 5.22. The third-order valence-corrected chi connectivity index (χ3v) is 2.45. The molecule has 1 aromatic rings. The summed E-state index contributed by atoms with van der Waals surface area (Å²) in [5.74, 6) is 0.356. The minimum absolute atomic E-state index is 0.0851. The van der Waals surface area contributed by atoms with Gasteiger partial charge in [-0.2, -0.15) is 0 Å². The third-order valence-electron chi connectivity index (χ3n) is 2.23. The Balaban J connectivity index is 2.32. The Morgan fingerprint density at radius 2 is 2.20 bits per heavy atom. The fourth-order valence-electron chi connectivity index (χ4n) is 1.59. The summed E-state index contributed by atoms with van der Waals surface area (Å²) in [5.41, 5.74) is 1.57. The number of aryl methyl sites for hydroxylation is 1. The number of ketones is 1. The number of ether oxygens (including phenoxy) is 1. The molecule has 2 rings (SSSR count). The van der Waals surface area contributed by atoms with Gasteiger partial charge in [0.25, 0.3) is 0 Å². The fraction of sp³-hybridized carbons (Fsp3) is 0.250. The van der Waals surface area contributed by atoms with Crippen molar-refractivity contribution >= 4 is 17.4 Å². The van der Waals surface area contributed by atoms with Gasteiger partial charge in [-0.15, -0.1) is 0 Å². The number of allylic oxidation sites excluding steroid dienone is 1. The molecule has 0 aromatic heterocycles. The monoisotopic (exact) mass is 222 g/mol. The van der Waals surface area contributed by atoms with Gasteiger partial charge in [-0.05, 0) is 36.8 Å². The quantitative estimate of drug-likeness (QED) is 0.719. The summed E-state index contributed by atoms with van der Waals surface area (Å²) in [5, 5.41) is 0.581. The SMILES string of the molecule is Cc1cc(Cl)cc(C(=O)C2=CCCO2)c1. The molecular formula is C12H11ClO2. The first-order valence-electron chi connectivity index (χ1n) is 4.81. The molecule has 0 unspecified atom stereocenters. The molecule has 0 radical (unpaired) electrons. The van der Waals surface area contributed by atoms with E-state index in [0.29, 0.717) is 23.0 Å². The van der Waals surface area contributed by atoms with Gasteiger partial charge < -0.3 is 4.74 Å². The fourth-order valence-corrected chi connectivity index (χ4v) is 1.88. The summed E-state index contributed by atoms with van der Waals surface area (Å²) in [6.45, 7) is 2.51. The van der Waals surface area contributed by atoms with E-state index in [2.05, 4.69) is 0 Å². The van der Waals surface area contributed by atoms with Crippen LogP contribution in [0.3, 0.4) is 0 Å². The zero-order valence-corrected chi connectivity index (χ0v) is 9.17. The van der Waals surface area contributed by atoms with Crippen molar-refractivity contribution < 1.29 is 9.53 Å². The van der Waals surface area contributed by atoms with Gasteiger partial charge in [0.2, 0.25) is 5.78 Å². The lowest BCUT2D eigenvalue weighted by Crippen LogP contribution is -2.04. The van der Waals surface area contributed by atoms with Crippen molar-refractivity contribution in [3.8, 4) is 0 Å². The normalized spacial score (nSPS) is 14.7. The first-order chi connectivity index (χ1) is 7.16. The first-order valence-corrected chi connectivity index (χ1v) is 5.19. The van der Waals surface area contributed by atoms with Gasteiger partial charge in [0.15, 0.2) is 5.76 Å². The molecule has 0 saturated carbocycles. The standard InChI is InChI=1S/C12H11ClO2/c1-8-5-9(7-10(13)6-8)12(14)11-3-2-4-15-11/h3,5-7H,2,4H2,1H3. The Labute approximate surface area is 93.5 Å². The average Bonchev–Trinajstić information content (AvgIpc) is 2.67. The van der Waals surface area contributed by atoms with Crippen molar-refractivity contribution in [2.24, 2.45) is 0 Å². The van der Waals surface area contributed by atoms with Crippen LogP contribution in [-0.2, 0) is 4.74 Å². The largest absolute Gasteiger partial charge is 0.489 e. The van der Waals surface area contributed by atoms with Crippen LogP contribution >= 0.6 is 11.6 Å². The molecule has 15 heavy (non-hydrogen) atoms. The molecule has 0 aliphatic carbocycles. The topological polar surface area (TPSA) is 26.3 Å². The molecule has 0 spiro atoms. The van der Waals surface area contributed by atoms with E-state index in [-0.39, 0.29) is 5.78 Å². The second kappa shape index (κ2) is 4.07. The Bertz CT molecular complexity index is 415. The van der Waals surface area contributed by atoms with Crippen LogP contribution in [0.25, 0.3) is 0 Å². The third kappa shape index (κ3) is 2.21. The number of carbonyl (C=O) groups is 1. The maximum atomic E-state index is 11.9. The molecule has 0 fully saturated rings. The second-order valence-electron chi connectivity index (χ2n) is 3.55. The number of benzene rings is 1. The van der Waals surface area contributed by atoms with Gasteiger partial charge in [0, 0.05) is 17.0 Å². The number of hydrogen-bond acceptors (Lipinski definition) is 2. The van der Waals surface area contributed by atoms with E-state index in [0.717, 1.165) is 12.0 Å². The lowest BCUT2D eigenvalue weighted by molar-refractivity contribution is 0.0942. The number of carbonyl (C=O) groups excluding carboxylic acids is 1. The Morgan fingerprint density at radius 3 is 2.80 bits per heavy atom. The highest BCUT2D eigenvalue weighted by Crippen LogP contribution is 2.20. The number of Topliss-reactive ketones (excluding diaryl/α,β-unsaturated/α-hetero) is 1. The van der Waals surface area contributed by atoms with Gasteiger partial charge in [-0.1, -0.05) is 11.6 Å². The van der Waals surface area contributed by atoms with Gasteiger partial charge in [-0.3, -0.25) is 4.79 Å². The van der Waals surface area contributed by atoms with Crippen molar-refractivity contribution in [3.05, 3.63) is 46.2 Å². The Hall–Kier alpha value is -1.28. The molecule has 1 heterocycles. The van der Waals surface area contributed by atoms with Crippen molar-refractivity contribution in [3.63, 3.8) is 0 Å². The molecule has 1 aliphatic rings. The summed E-state index contributed by atoms with van der Waals surface area (Å²) in [7, 11) is 0. The molecule has 0 atom stereocenters. The van der Waals surface area contributed by atoms with Crippen LogP contribution < -0.4 is 0 Å². The van der Waals surface area contributed by atoms with E-state index < -0.39 is 0 Å². The number of halogens is 1. The molecular weight excluding hydrogens is 212 g/mol. The molecule has 0 amide bonds. The smallest absolute Gasteiger partial charge is 0.227 e. The van der Waals surface area contributed by atoms with E-state index >= 15 is 0 Å². The highest BCUT2D eigenvalue weighted by molar-refractivity contribution is 6.31. The van der Waals surface area contributed by atoms with Gasteiger partial charge in [0.1, 0.15) is 0 Å². The predicted octanol–water partition coefficient (Wildman–Crippen LogP) is 3.14. The van der Waals surface area contributed by atoms with E-state index in [9.17, 15) is 4.79 Å². The molecule has 3 heteroatoms. The maximum absolute atomic E-state index is 11.9. The van der Waals surface area contributed by atoms with Crippen LogP contribution in [-0.4, -0.2) is 12.4 Å². The number of hydrogen-bond donors (Lipinski definition) is 0. The van der Waals surface area contributed by atoms with Crippen LogP contribution in [0.2, 0.25) is 5.02 Å². The summed E-state index contributed by atoms with van der Waals surface area (Å²) in [4.78, 5) is 11.9. The predicted molar refractivity (Wildman–Crippen MR) is 59.2 cm³/mol. The van der Waals surface area contributed by atoms with Gasteiger partial charge in [-0.25, -0.2) is 0 Å². The maximum Gasteiger partial charge on any atom is 0.227 e. The summed E-state index contributed by atoms with van der Waals surface area (Å²) in [6.07, 6.45) is 2.62. The Kier molecular flexibility index (Phi) is 2.78. The minimum atomic E-state index is -0.0851. The van der Waals surface area contributed by atoms with Crippen LogP contribution in [0.4, 0.5) is 0 Å². The second-order valence-corrected chi connectivity index (χ2v) is 3.99. The van der Waals surface area contributed by atoms with Crippen LogP contribution in [0.1, 0.15) is 22.3 Å². The molecule has 0 N–H and O–H groups in total. The first kappa shape index (κ1) is 10.2. The zero-order valence-electron chi connectivity index (χ0n) is 8.42. The van der Waals surface area contributed by atoms with E-state index in [1.807, 2.05) is 25.1 Å². The van der Waals surface area contributed by atoms with Gasteiger partial charge >= 0.3 is 0 Å². The lowest BCUT2D eigenvalue weighted by Gasteiger charge is -2.04. The van der Waals surface area contributed by atoms with Crippen molar-refractivity contribution in [2.75, 3.05) is 6.61 Å². The highest BCUT2D eigenvalue weighted by atomic mass is 35.5. The van der Waals surface area contributed by atoms with Crippen molar-refractivity contribution in [1.82, 2.24) is 0 Å². The van der Waals surface area contributed by atoms with Crippen molar-refractivity contribution in [2.45, 2.75) is 13.3 Å². The highest BCUT2D eigenvalue weighted by Gasteiger charge is 2.17.